The number of nitrogens with one attached hydrogen (secondary N) is 1. The number of para-hydroxylation sites is 1. The molecule has 0 aliphatic carbocycles. The van der Waals surface area contributed by atoms with E-state index in [-0.39, 0.29) is 23.9 Å². The standard InChI is InChI=1S/C23H25N9O3/c1-4-34-18-12-10-16(11-13-18)15(2)25-27-23(33)20-19(14-31(3)17-8-6-5-7-9-17)32(30-26-20)22-21(24)28-35-29-22/h5-13H,4,14H2,1-3H3,(H2,24,28)(H,27,33)/b25-15+. The number of hydrazone groups is 1. The Labute approximate surface area is 201 Å². The maximum absolute atomic E-state index is 13.1. The fourth-order valence-electron chi connectivity index (χ4n) is 3.34. The van der Waals surface area contributed by atoms with Crippen molar-refractivity contribution < 1.29 is 14.2 Å². The third-order valence-corrected chi connectivity index (χ3v) is 5.17. The van der Waals surface area contributed by atoms with E-state index in [9.17, 15) is 4.79 Å². The highest BCUT2D eigenvalue weighted by molar-refractivity contribution is 6.00. The summed E-state index contributed by atoms with van der Waals surface area (Å²) in [5, 5.41) is 19.8. The Morgan fingerprint density at radius 2 is 1.91 bits per heavy atom. The highest BCUT2D eigenvalue weighted by atomic mass is 16.6. The average molecular weight is 476 g/mol. The van der Waals surface area contributed by atoms with Crippen LogP contribution in [0.2, 0.25) is 0 Å². The van der Waals surface area contributed by atoms with E-state index in [4.69, 9.17) is 15.1 Å². The fraction of sp³-hybridized carbons (Fsp3) is 0.217. The molecule has 2 aromatic carbocycles. The van der Waals surface area contributed by atoms with Crippen LogP contribution in [0.4, 0.5) is 11.5 Å². The summed E-state index contributed by atoms with van der Waals surface area (Å²) in [5.74, 6) is 0.392. The van der Waals surface area contributed by atoms with Gasteiger partial charge < -0.3 is 15.4 Å². The van der Waals surface area contributed by atoms with Gasteiger partial charge in [0, 0.05) is 12.7 Å². The second kappa shape index (κ2) is 10.5. The molecule has 0 fully saturated rings. The lowest BCUT2D eigenvalue weighted by molar-refractivity contribution is 0.0948. The van der Waals surface area contributed by atoms with Crippen molar-refractivity contribution in [2.45, 2.75) is 20.4 Å². The molecule has 0 atom stereocenters. The van der Waals surface area contributed by atoms with Crippen molar-refractivity contribution in [3.05, 3.63) is 71.5 Å². The predicted molar refractivity (Wildman–Crippen MR) is 129 cm³/mol. The molecule has 3 N–H and O–H groups in total. The van der Waals surface area contributed by atoms with Gasteiger partial charge in [0.05, 0.1) is 24.6 Å². The van der Waals surface area contributed by atoms with E-state index in [0.717, 1.165) is 17.0 Å². The highest BCUT2D eigenvalue weighted by Gasteiger charge is 2.25. The molecule has 0 bridgehead atoms. The second-order valence-electron chi connectivity index (χ2n) is 7.56. The van der Waals surface area contributed by atoms with Crippen molar-refractivity contribution in [3.8, 4) is 11.6 Å². The summed E-state index contributed by atoms with van der Waals surface area (Å²) in [5.41, 5.74) is 11.3. The van der Waals surface area contributed by atoms with Gasteiger partial charge in [0.25, 0.3) is 5.91 Å². The summed E-state index contributed by atoms with van der Waals surface area (Å²) in [6.45, 7) is 4.57. The van der Waals surface area contributed by atoms with Crippen LogP contribution in [0.5, 0.6) is 5.75 Å². The lowest BCUT2D eigenvalue weighted by Crippen LogP contribution is -2.25. The summed E-state index contributed by atoms with van der Waals surface area (Å²) in [6, 6.07) is 17.1. The zero-order chi connectivity index (χ0) is 24.8. The Morgan fingerprint density at radius 1 is 1.17 bits per heavy atom. The normalized spacial score (nSPS) is 11.3. The molecule has 35 heavy (non-hydrogen) atoms. The van der Waals surface area contributed by atoms with Gasteiger partial charge in [0.15, 0.2) is 5.69 Å². The van der Waals surface area contributed by atoms with Crippen molar-refractivity contribution in [2.75, 3.05) is 24.3 Å². The largest absolute Gasteiger partial charge is 0.494 e. The molecule has 2 heterocycles. The van der Waals surface area contributed by atoms with Gasteiger partial charge >= 0.3 is 0 Å². The Hall–Kier alpha value is -4.74. The number of hydrogen-bond acceptors (Lipinski definition) is 10. The van der Waals surface area contributed by atoms with Crippen LogP contribution >= 0.6 is 0 Å². The molecule has 180 valence electrons. The molecule has 0 unspecified atom stereocenters. The molecule has 2 aromatic heterocycles. The average Bonchev–Trinajstić information content (AvgIpc) is 3.49. The molecular weight excluding hydrogens is 450 g/mol. The van der Waals surface area contributed by atoms with Crippen molar-refractivity contribution >= 4 is 23.1 Å². The van der Waals surface area contributed by atoms with Crippen LogP contribution in [0.3, 0.4) is 0 Å². The third-order valence-electron chi connectivity index (χ3n) is 5.17. The Balaban J connectivity index is 1.59. The molecule has 4 rings (SSSR count). The topological polar surface area (TPSA) is 150 Å². The van der Waals surface area contributed by atoms with Crippen LogP contribution < -0.4 is 20.8 Å². The van der Waals surface area contributed by atoms with Crippen LogP contribution in [-0.4, -0.2) is 50.6 Å². The zero-order valence-corrected chi connectivity index (χ0v) is 19.5. The van der Waals surface area contributed by atoms with Gasteiger partial charge in [0.1, 0.15) is 5.75 Å². The molecule has 4 aromatic rings. The van der Waals surface area contributed by atoms with E-state index in [0.29, 0.717) is 18.0 Å². The van der Waals surface area contributed by atoms with E-state index in [2.05, 4.69) is 31.2 Å². The summed E-state index contributed by atoms with van der Waals surface area (Å²) in [6.07, 6.45) is 0. The highest BCUT2D eigenvalue weighted by Crippen LogP contribution is 2.20. The van der Waals surface area contributed by atoms with E-state index in [1.165, 1.54) is 4.68 Å². The summed E-state index contributed by atoms with van der Waals surface area (Å²) >= 11 is 0. The second-order valence-corrected chi connectivity index (χ2v) is 7.56. The molecule has 0 aliphatic heterocycles. The minimum atomic E-state index is -0.534. The Kier molecular flexibility index (Phi) is 7.00. The number of carbonyl (C=O) groups is 1. The quantitative estimate of drug-likeness (QED) is 0.275. The number of amides is 1. The van der Waals surface area contributed by atoms with E-state index in [1.54, 1.807) is 6.92 Å². The summed E-state index contributed by atoms with van der Waals surface area (Å²) < 4.78 is 11.5. The molecule has 0 spiro atoms. The number of ether oxygens (including phenoxy) is 1. The number of aromatic nitrogens is 5. The van der Waals surface area contributed by atoms with Crippen molar-refractivity contribution in [1.29, 1.82) is 0 Å². The summed E-state index contributed by atoms with van der Waals surface area (Å²) in [4.78, 5) is 15.0. The van der Waals surface area contributed by atoms with Crippen LogP contribution in [-0.2, 0) is 6.54 Å². The van der Waals surface area contributed by atoms with E-state index < -0.39 is 5.91 Å². The minimum absolute atomic E-state index is 0.0230. The number of rotatable bonds is 9. The number of benzene rings is 2. The molecule has 0 radical (unpaired) electrons. The maximum Gasteiger partial charge on any atom is 0.293 e. The lowest BCUT2D eigenvalue weighted by atomic mass is 10.1. The van der Waals surface area contributed by atoms with Crippen LogP contribution in [0, 0.1) is 0 Å². The first kappa shape index (κ1) is 23.4. The van der Waals surface area contributed by atoms with Gasteiger partial charge in [-0.3, -0.25) is 4.79 Å². The van der Waals surface area contributed by atoms with Gasteiger partial charge in [-0.05, 0) is 66.1 Å². The van der Waals surface area contributed by atoms with Crippen LogP contribution in [0.1, 0.15) is 35.6 Å². The van der Waals surface area contributed by atoms with Crippen molar-refractivity contribution in [2.24, 2.45) is 5.10 Å². The van der Waals surface area contributed by atoms with E-state index >= 15 is 0 Å². The van der Waals surface area contributed by atoms with Crippen molar-refractivity contribution in [1.82, 2.24) is 30.7 Å². The van der Waals surface area contributed by atoms with Gasteiger partial charge in [0.2, 0.25) is 11.6 Å². The molecular formula is C23H25N9O3. The van der Waals surface area contributed by atoms with Gasteiger partial charge in [-0.2, -0.15) is 9.78 Å². The SMILES string of the molecule is CCOc1ccc(/C(C)=N/NC(=O)c2nnn(-c3nonc3N)c2CN(C)c2ccccc2)cc1. The molecule has 0 saturated heterocycles. The number of hydrogen-bond donors (Lipinski definition) is 2. The molecule has 0 saturated carbocycles. The molecule has 12 nitrogen and oxygen atoms in total. The molecule has 12 heteroatoms. The third kappa shape index (κ3) is 5.27. The predicted octanol–water partition coefficient (Wildman–Crippen LogP) is 2.42. The van der Waals surface area contributed by atoms with Crippen LogP contribution in [0.15, 0.2) is 64.3 Å². The first-order valence-electron chi connectivity index (χ1n) is 10.8. The molecule has 1 amide bonds. The van der Waals surface area contributed by atoms with Gasteiger partial charge in [-0.15, -0.1) is 5.10 Å². The first-order valence-corrected chi connectivity index (χ1v) is 10.8. The number of nitrogen functional groups attached to an aromatic ring is 1. The minimum Gasteiger partial charge on any atom is -0.494 e. The monoisotopic (exact) mass is 475 g/mol. The van der Waals surface area contributed by atoms with Gasteiger partial charge in [-0.1, -0.05) is 23.4 Å². The maximum atomic E-state index is 13.1. The van der Waals surface area contributed by atoms with Crippen molar-refractivity contribution in [3.63, 3.8) is 0 Å². The lowest BCUT2D eigenvalue weighted by Gasteiger charge is -2.19. The number of anilines is 2. The summed E-state index contributed by atoms with van der Waals surface area (Å²) in [7, 11) is 1.88. The van der Waals surface area contributed by atoms with Gasteiger partial charge in [-0.25, -0.2) is 10.1 Å². The Bertz CT molecular complexity index is 1310. The van der Waals surface area contributed by atoms with E-state index in [1.807, 2.05) is 73.5 Å². The Morgan fingerprint density at radius 3 is 2.57 bits per heavy atom. The van der Waals surface area contributed by atoms with Crippen LogP contribution in [0.25, 0.3) is 5.82 Å². The fourth-order valence-corrected chi connectivity index (χ4v) is 3.34. The number of nitrogens with zero attached hydrogens (tertiary/aromatic N) is 7. The smallest absolute Gasteiger partial charge is 0.293 e. The zero-order valence-electron chi connectivity index (χ0n) is 19.5. The number of nitrogens with two attached hydrogens (primary N) is 1. The first-order chi connectivity index (χ1) is 17.0. The molecule has 0 aliphatic rings. The number of carbonyl (C=O) groups excluding carboxylic acids is 1.